The molecule has 2 aromatic heterocycles. The second kappa shape index (κ2) is 11.8. The van der Waals surface area contributed by atoms with E-state index in [1.165, 1.54) is 51.4 Å². The highest BCUT2D eigenvalue weighted by Gasteiger charge is 2.08. The van der Waals surface area contributed by atoms with Crippen LogP contribution in [0.3, 0.4) is 0 Å². The van der Waals surface area contributed by atoms with Crippen LogP contribution in [0, 0.1) is 0 Å². The van der Waals surface area contributed by atoms with Crippen LogP contribution in [0.2, 0.25) is 0 Å². The zero-order valence-corrected chi connectivity index (χ0v) is 18.3. The molecule has 3 aromatic rings. The molecule has 1 aromatic carbocycles. The van der Waals surface area contributed by atoms with Crippen molar-refractivity contribution in [1.29, 1.82) is 0 Å². The maximum Gasteiger partial charge on any atom is 0.193 e. The molecule has 3 nitrogen and oxygen atoms in total. The minimum atomic E-state index is 0. The molecule has 0 aliphatic heterocycles. The van der Waals surface area contributed by atoms with E-state index in [1.54, 1.807) is 12.1 Å². The number of hydrogen-bond donors (Lipinski definition) is 0. The molecule has 0 aliphatic carbocycles. The van der Waals surface area contributed by atoms with Gasteiger partial charge in [-0.25, -0.2) is 4.57 Å². The Balaban J connectivity index is 0.00000280. The van der Waals surface area contributed by atoms with Crippen LogP contribution in [0.4, 0.5) is 0 Å². The van der Waals surface area contributed by atoms with Gasteiger partial charge in [0, 0.05) is 30.2 Å². The van der Waals surface area contributed by atoms with E-state index in [4.69, 9.17) is 4.42 Å². The molecule has 0 saturated carbocycles. The van der Waals surface area contributed by atoms with Gasteiger partial charge in [-0.15, -0.1) is 0 Å². The molecule has 0 saturated heterocycles. The fourth-order valence-corrected chi connectivity index (χ4v) is 3.45. The fraction of sp³-hybridized carbons (Fsp3) is 0.417. The van der Waals surface area contributed by atoms with Gasteiger partial charge in [0.05, 0.1) is 5.39 Å². The molecular weight excluding hydrogens is 414 g/mol. The summed E-state index contributed by atoms with van der Waals surface area (Å²) in [5.74, 6) is 0.623. The van der Waals surface area contributed by atoms with Crippen molar-refractivity contribution < 1.29 is 26.0 Å². The molecule has 4 heteroatoms. The number of aromatic nitrogens is 1. The smallest absolute Gasteiger partial charge is 0.193 e. The Morgan fingerprint density at radius 2 is 1.50 bits per heavy atom. The van der Waals surface area contributed by atoms with E-state index in [0.29, 0.717) is 16.7 Å². The summed E-state index contributed by atoms with van der Waals surface area (Å²) in [7, 11) is 0. The Kier molecular flexibility index (Phi) is 9.42. The van der Waals surface area contributed by atoms with Gasteiger partial charge < -0.3 is 21.4 Å². The molecule has 28 heavy (non-hydrogen) atoms. The minimum Gasteiger partial charge on any atom is -1.00 e. The first kappa shape index (κ1) is 22.4. The number of rotatable bonds is 10. The highest BCUT2D eigenvalue weighted by atomic mass is 79.9. The van der Waals surface area contributed by atoms with E-state index < -0.39 is 0 Å². The molecule has 2 heterocycles. The maximum absolute atomic E-state index is 12.3. The third-order valence-corrected chi connectivity index (χ3v) is 5.08. The van der Waals surface area contributed by atoms with E-state index in [-0.39, 0.29) is 22.4 Å². The lowest BCUT2D eigenvalue weighted by Crippen LogP contribution is -3.00. The fourth-order valence-electron chi connectivity index (χ4n) is 3.45. The van der Waals surface area contributed by atoms with Crippen molar-refractivity contribution in [2.24, 2.45) is 0 Å². The first-order valence-electron chi connectivity index (χ1n) is 10.3. The number of hydrogen-bond acceptors (Lipinski definition) is 2. The summed E-state index contributed by atoms with van der Waals surface area (Å²) in [5.41, 5.74) is 1.57. The van der Waals surface area contributed by atoms with Crippen molar-refractivity contribution in [3.05, 3.63) is 65.1 Å². The van der Waals surface area contributed by atoms with E-state index in [1.807, 2.05) is 30.3 Å². The first-order valence-corrected chi connectivity index (χ1v) is 10.3. The minimum absolute atomic E-state index is 0. The maximum atomic E-state index is 12.3. The summed E-state index contributed by atoms with van der Waals surface area (Å²) in [6, 6.07) is 13.0. The van der Waals surface area contributed by atoms with Gasteiger partial charge in [-0.05, 0) is 18.6 Å². The van der Waals surface area contributed by atoms with Gasteiger partial charge in [-0.1, -0.05) is 57.6 Å². The zero-order valence-electron chi connectivity index (χ0n) is 16.7. The molecule has 0 spiro atoms. The second-order valence-electron chi connectivity index (χ2n) is 7.27. The first-order chi connectivity index (χ1) is 13.3. The molecule has 0 aliphatic rings. The molecule has 0 N–H and O–H groups in total. The molecule has 0 amide bonds. The average Bonchev–Trinajstić information content (AvgIpc) is 2.70. The highest BCUT2D eigenvalue weighted by Crippen LogP contribution is 2.20. The van der Waals surface area contributed by atoms with Crippen LogP contribution in [0.15, 0.2) is 64.1 Å². The van der Waals surface area contributed by atoms with Gasteiger partial charge in [-0.3, -0.25) is 4.79 Å². The van der Waals surface area contributed by atoms with E-state index in [2.05, 4.69) is 23.9 Å². The molecule has 0 bridgehead atoms. The van der Waals surface area contributed by atoms with Gasteiger partial charge in [0.25, 0.3) is 0 Å². The Morgan fingerprint density at radius 3 is 2.21 bits per heavy atom. The van der Waals surface area contributed by atoms with Crippen LogP contribution in [0.25, 0.3) is 22.3 Å². The summed E-state index contributed by atoms with van der Waals surface area (Å²) in [5, 5.41) is 0.627. The number of para-hydroxylation sites is 1. The third kappa shape index (κ3) is 6.30. The monoisotopic (exact) mass is 443 g/mol. The lowest BCUT2D eigenvalue weighted by Gasteiger charge is -2.03. The van der Waals surface area contributed by atoms with Crippen molar-refractivity contribution >= 4 is 11.0 Å². The lowest BCUT2D eigenvalue weighted by atomic mass is 10.1. The highest BCUT2D eigenvalue weighted by molar-refractivity contribution is 5.78. The van der Waals surface area contributed by atoms with Crippen LogP contribution in [0.5, 0.6) is 0 Å². The summed E-state index contributed by atoms with van der Waals surface area (Å²) < 4.78 is 8.12. The molecular formula is C24H30BrNO2. The van der Waals surface area contributed by atoms with Crippen molar-refractivity contribution in [3.8, 4) is 11.3 Å². The number of pyridine rings is 1. The Morgan fingerprint density at radius 1 is 0.857 bits per heavy atom. The predicted octanol–water partition coefficient (Wildman–Crippen LogP) is 2.89. The lowest BCUT2D eigenvalue weighted by molar-refractivity contribution is -0.697. The molecule has 150 valence electrons. The van der Waals surface area contributed by atoms with E-state index >= 15 is 0 Å². The summed E-state index contributed by atoms with van der Waals surface area (Å²) >= 11 is 0. The molecule has 0 atom stereocenters. The van der Waals surface area contributed by atoms with Gasteiger partial charge in [0.15, 0.2) is 17.8 Å². The van der Waals surface area contributed by atoms with Gasteiger partial charge in [-0.2, -0.15) is 0 Å². The SMILES string of the molecule is CCCCCCCCCC[n+]1ccc(-c2cc(=O)c3ccccc3o2)cc1.[Br-]. The van der Waals surface area contributed by atoms with Gasteiger partial charge >= 0.3 is 0 Å². The number of benzene rings is 1. The summed E-state index contributed by atoms with van der Waals surface area (Å²) in [6.07, 6.45) is 14.8. The van der Waals surface area contributed by atoms with Crippen molar-refractivity contribution in [1.82, 2.24) is 0 Å². The number of nitrogens with zero attached hydrogens (tertiary/aromatic N) is 1. The summed E-state index contributed by atoms with van der Waals surface area (Å²) in [4.78, 5) is 12.3. The Labute approximate surface area is 178 Å². The average molecular weight is 444 g/mol. The molecule has 0 fully saturated rings. The predicted molar refractivity (Wildman–Crippen MR) is 111 cm³/mol. The Hall–Kier alpha value is -1.94. The number of unbranched alkanes of at least 4 members (excludes halogenated alkanes) is 7. The second-order valence-corrected chi connectivity index (χ2v) is 7.27. The number of fused-ring (bicyclic) bond motifs is 1. The normalized spacial score (nSPS) is 10.8. The largest absolute Gasteiger partial charge is 1.00 e. The number of aryl methyl sites for hydroxylation is 1. The van der Waals surface area contributed by atoms with Gasteiger partial charge in [0.2, 0.25) is 0 Å². The van der Waals surface area contributed by atoms with Crippen LogP contribution in [0.1, 0.15) is 58.3 Å². The quantitative estimate of drug-likeness (QED) is 0.356. The van der Waals surface area contributed by atoms with E-state index in [9.17, 15) is 4.79 Å². The molecule has 0 unspecified atom stereocenters. The van der Waals surface area contributed by atoms with E-state index in [0.717, 1.165) is 12.1 Å². The van der Waals surface area contributed by atoms with Crippen LogP contribution < -0.4 is 27.0 Å². The van der Waals surface area contributed by atoms with Crippen LogP contribution in [-0.2, 0) is 6.54 Å². The van der Waals surface area contributed by atoms with Crippen molar-refractivity contribution in [2.75, 3.05) is 0 Å². The number of halogens is 1. The van der Waals surface area contributed by atoms with Crippen molar-refractivity contribution in [2.45, 2.75) is 64.8 Å². The van der Waals surface area contributed by atoms with Crippen LogP contribution >= 0.6 is 0 Å². The van der Waals surface area contributed by atoms with Gasteiger partial charge in [0.1, 0.15) is 17.9 Å². The zero-order chi connectivity index (χ0) is 18.9. The summed E-state index contributed by atoms with van der Waals surface area (Å²) in [6.45, 7) is 3.30. The Bertz CT molecular complexity index is 902. The standard InChI is InChI=1S/C24H30NO2.BrH/c1-2-3-4-5-6-7-8-11-16-25-17-14-20(15-18-25)24-19-22(26)21-12-9-10-13-23(21)27-24;/h9-10,12-15,17-19H,2-8,11,16H2,1H3;1H/q+1;/p-1. The molecule has 3 rings (SSSR count). The topological polar surface area (TPSA) is 34.1 Å². The van der Waals surface area contributed by atoms with Crippen LogP contribution in [-0.4, -0.2) is 0 Å². The molecule has 0 radical (unpaired) electrons. The van der Waals surface area contributed by atoms with Crippen molar-refractivity contribution in [3.63, 3.8) is 0 Å². The third-order valence-electron chi connectivity index (χ3n) is 5.08.